The van der Waals surface area contributed by atoms with E-state index < -0.39 is 19.1 Å². The Labute approximate surface area is 99.6 Å². The average Bonchev–Trinajstić information content (AvgIpc) is 2.66. The summed E-state index contributed by atoms with van der Waals surface area (Å²) < 4.78 is 12.4. The minimum absolute atomic E-state index is 0.636. The van der Waals surface area contributed by atoms with E-state index in [1.165, 1.54) is 4.40 Å². The predicted octanol–water partition coefficient (Wildman–Crippen LogP) is 2.92. The van der Waals surface area contributed by atoms with Crippen molar-refractivity contribution in [3.05, 3.63) is 42.4 Å². The van der Waals surface area contributed by atoms with Crippen molar-refractivity contribution in [2.75, 3.05) is 0 Å². The van der Waals surface area contributed by atoms with Gasteiger partial charge in [-0.15, -0.1) is 0 Å². The molecule has 0 amide bonds. The van der Waals surface area contributed by atoms with Crippen LogP contribution in [-0.4, -0.2) is 13.3 Å². The minimum atomic E-state index is -1.70. The van der Waals surface area contributed by atoms with Gasteiger partial charge in [-0.25, -0.2) is 0 Å². The second kappa shape index (κ2) is 3.84. The van der Waals surface area contributed by atoms with E-state index in [-0.39, 0.29) is 0 Å². The SMILES string of the molecule is CC1(c2cc[c]([Ge]([CH3])([CH3])[CH3])cc2)OC=CO1. The van der Waals surface area contributed by atoms with Crippen molar-refractivity contribution in [3.8, 4) is 0 Å². The average molecular weight is 279 g/mol. The first kappa shape index (κ1) is 11.6. The Morgan fingerprint density at radius 3 is 1.88 bits per heavy atom. The van der Waals surface area contributed by atoms with Crippen molar-refractivity contribution < 1.29 is 9.47 Å². The van der Waals surface area contributed by atoms with Crippen molar-refractivity contribution in [2.45, 2.75) is 30.0 Å². The molecule has 0 atom stereocenters. The number of rotatable bonds is 2. The fourth-order valence-corrected chi connectivity index (χ4v) is 4.20. The summed E-state index contributed by atoms with van der Waals surface area (Å²) in [6.45, 7) is 1.93. The zero-order valence-corrected chi connectivity index (χ0v) is 12.4. The van der Waals surface area contributed by atoms with Crippen LogP contribution in [-0.2, 0) is 15.3 Å². The van der Waals surface area contributed by atoms with Gasteiger partial charge in [0.1, 0.15) is 0 Å². The normalized spacial score (nSPS) is 18.0. The summed E-state index contributed by atoms with van der Waals surface area (Å²) in [5, 5.41) is 0. The topological polar surface area (TPSA) is 18.5 Å². The molecule has 1 aliphatic rings. The summed E-state index contributed by atoms with van der Waals surface area (Å²) in [7, 11) is 0. The molecule has 1 heterocycles. The van der Waals surface area contributed by atoms with E-state index in [0.717, 1.165) is 5.56 Å². The molecule has 2 nitrogen and oxygen atoms in total. The third-order valence-electron chi connectivity index (χ3n) is 2.92. The summed E-state index contributed by atoms with van der Waals surface area (Å²) in [4.78, 5) is 0. The van der Waals surface area contributed by atoms with Crippen molar-refractivity contribution in [1.82, 2.24) is 0 Å². The van der Waals surface area contributed by atoms with Crippen LogP contribution in [0.25, 0.3) is 0 Å². The number of benzene rings is 1. The van der Waals surface area contributed by atoms with Crippen LogP contribution in [0.5, 0.6) is 0 Å². The van der Waals surface area contributed by atoms with Crippen LogP contribution in [0.4, 0.5) is 0 Å². The van der Waals surface area contributed by atoms with Gasteiger partial charge in [0.05, 0.1) is 0 Å². The third-order valence-corrected chi connectivity index (χ3v) is 7.25. The first-order valence-electron chi connectivity index (χ1n) is 5.53. The summed E-state index contributed by atoms with van der Waals surface area (Å²) in [6, 6.07) is 8.65. The van der Waals surface area contributed by atoms with Crippen LogP contribution in [0, 0.1) is 0 Å². The molecule has 1 aromatic rings. The van der Waals surface area contributed by atoms with E-state index in [9.17, 15) is 0 Å². The molecule has 1 aliphatic heterocycles. The van der Waals surface area contributed by atoms with Crippen LogP contribution in [0.1, 0.15) is 12.5 Å². The fraction of sp³-hybridized carbons (Fsp3) is 0.385. The van der Waals surface area contributed by atoms with E-state index >= 15 is 0 Å². The van der Waals surface area contributed by atoms with E-state index in [1.54, 1.807) is 12.5 Å². The molecule has 0 spiro atoms. The van der Waals surface area contributed by atoms with Gasteiger partial charge in [0.2, 0.25) is 0 Å². The fourth-order valence-electron chi connectivity index (χ4n) is 1.75. The summed E-state index contributed by atoms with van der Waals surface area (Å²) >= 11 is -1.70. The maximum atomic E-state index is 5.46. The molecule has 0 unspecified atom stereocenters. The Morgan fingerprint density at radius 1 is 0.938 bits per heavy atom. The van der Waals surface area contributed by atoms with E-state index in [0.29, 0.717) is 0 Å². The van der Waals surface area contributed by atoms with Crippen molar-refractivity contribution in [3.63, 3.8) is 0 Å². The molecule has 0 fully saturated rings. The summed E-state index contributed by atoms with van der Waals surface area (Å²) in [6.07, 6.45) is 3.19. The molecule has 16 heavy (non-hydrogen) atoms. The number of ether oxygens (including phenoxy) is 2. The van der Waals surface area contributed by atoms with Crippen LogP contribution in [0.15, 0.2) is 36.8 Å². The van der Waals surface area contributed by atoms with E-state index in [2.05, 4.69) is 41.5 Å². The van der Waals surface area contributed by atoms with Gasteiger partial charge in [-0.3, -0.25) is 0 Å². The zero-order chi connectivity index (χ0) is 11.8. The van der Waals surface area contributed by atoms with E-state index in [4.69, 9.17) is 9.47 Å². The predicted molar refractivity (Wildman–Crippen MR) is 68.1 cm³/mol. The molecule has 0 saturated carbocycles. The first-order valence-corrected chi connectivity index (χ1v) is 12.9. The standard InChI is InChI=1S/C13H18GeO2/c1-13(15-9-10-16-13)11-5-7-12(8-6-11)14(2,3)4/h5-10H,1-4H3. The first-order chi connectivity index (χ1) is 7.42. The van der Waals surface area contributed by atoms with E-state index in [1.807, 2.05) is 6.92 Å². The monoisotopic (exact) mass is 280 g/mol. The Morgan fingerprint density at radius 2 is 1.44 bits per heavy atom. The molecule has 0 N–H and O–H groups in total. The van der Waals surface area contributed by atoms with Crippen LogP contribution in [0.2, 0.25) is 17.3 Å². The van der Waals surface area contributed by atoms with Gasteiger partial charge in [-0.2, -0.15) is 0 Å². The van der Waals surface area contributed by atoms with Gasteiger partial charge in [0, 0.05) is 0 Å². The second-order valence-electron chi connectivity index (χ2n) is 5.28. The molecule has 0 aliphatic carbocycles. The Balaban J connectivity index is 2.26. The molecule has 86 valence electrons. The quantitative estimate of drug-likeness (QED) is 0.775. The number of hydrogen-bond acceptors (Lipinski definition) is 2. The third kappa shape index (κ3) is 2.12. The molecule has 2 rings (SSSR count). The van der Waals surface area contributed by atoms with Gasteiger partial charge >= 0.3 is 99.5 Å². The molecule has 0 aromatic heterocycles. The second-order valence-corrected chi connectivity index (χ2v) is 15.9. The van der Waals surface area contributed by atoms with Crippen LogP contribution in [0.3, 0.4) is 0 Å². The maximum absolute atomic E-state index is 5.46. The summed E-state index contributed by atoms with van der Waals surface area (Å²) in [5.74, 6) is 6.53. The Kier molecular flexibility index (Phi) is 2.78. The zero-order valence-electron chi connectivity index (χ0n) is 10.3. The molecule has 1 aromatic carbocycles. The Hall–Kier alpha value is -0.897. The van der Waals surface area contributed by atoms with Gasteiger partial charge in [0.15, 0.2) is 0 Å². The van der Waals surface area contributed by atoms with Crippen molar-refractivity contribution in [2.24, 2.45) is 0 Å². The molecular weight excluding hydrogens is 261 g/mol. The summed E-state index contributed by atoms with van der Waals surface area (Å²) in [5.41, 5.74) is 1.06. The molecule has 0 saturated heterocycles. The molecule has 0 radical (unpaired) electrons. The van der Waals surface area contributed by atoms with Crippen molar-refractivity contribution >= 4 is 17.7 Å². The number of hydrogen-bond donors (Lipinski definition) is 0. The van der Waals surface area contributed by atoms with Gasteiger partial charge in [-0.1, -0.05) is 0 Å². The van der Waals surface area contributed by atoms with Gasteiger partial charge in [-0.05, 0) is 0 Å². The van der Waals surface area contributed by atoms with Crippen molar-refractivity contribution in [1.29, 1.82) is 0 Å². The van der Waals surface area contributed by atoms with Gasteiger partial charge < -0.3 is 0 Å². The molecule has 3 heteroatoms. The Bertz CT molecular complexity index is 393. The van der Waals surface area contributed by atoms with Gasteiger partial charge in [0.25, 0.3) is 0 Å². The van der Waals surface area contributed by atoms with Crippen LogP contribution < -0.4 is 4.40 Å². The molecule has 0 bridgehead atoms. The van der Waals surface area contributed by atoms with Crippen LogP contribution >= 0.6 is 0 Å². The molecular formula is C13H18GeO2.